The van der Waals surface area contributed by atoms with E-state index in [2.05, 4.69) is 6.92 Å². The van der Waals surface area contributed by atoms with Crippen LogP contribution in [0.4, 0.5) is 11.4 Å². The minimum absolute atomic E-state index is 0.241. The van der Waals surface area contributed by atoms with Crippen LogP contribution in [-0.2, 0) is 11.2 Å². The smallest absolute Gasteiger partial charge is 0.226 e. The Morgan fingerprint density at radius 2 is 2.31 bits per heavy atom. The first-order valence-corrected chi connectivity index (χ1v) is 5.91. The highest BCUT2D eigenvalue weighted by Crippen LogP contribution is 2.30. The van der Waals surface area contributed by atoms with E-state index in [9.17, 15) is 4.79 Å². The summed E-state index contributed by atoms with van der Waals surface area (Å²) in [6.07, 6.45) is 3.62. The van der Waals surface area contributed by atoms with Crippen molar-refractivity contribution in [3.05, 3.63) is 23.8 Å². The van der Waals surface area contributed by atoms with Crippen LogP contribution in [0.15, 0.2) is 18.2 Å². The Morgan fingerprint density at radius 1 is 1.50 bits per heavy atom. The van der Waals surface area contributed by atoms with Crippen molar-refractivity contribution in [3.8, 4) is 0 Å². The molecule has 0 aliphatic carbocycles. The van der Waals surface area contributed by atoms with Gasteiger partial charge in [-0.3, -0.25) is 4.79 Å². The highest BCUT2D eigenvalue weighted by Gasteiger charge is 2.23. The Balaban J connectivity index is 2.14. The lowest BCUT2D eigenvalue weighted by molar-refractivity contribution is -0.118. The summed E-state index contributed by atoms with van der Waals surface area (Å²) in [4.78, 5) is 13.8. The fraction of sp³-hybridized carbons (Fsp3) is 0.462. The number of fused-ring (bicyclic) bond motifs is 1. The molecule has 0 unspecified atom stereocenters. The largest absolute Gasteiger partial charge is 0.399 e. The Hall–Kier alpha value is -1.51. The van der Waals surface area contributed by atoms with Crippen LogP contribution in [0.1, 0.15) is 31.7 Å². The lowest BCUT2D eigenvalue weighted by atomic mass is 10.1. The second-order valence-corrected chi connectivity index (χ2v) is 4.29. The van der Waals surface area contributed by atoms with Crippen LogP contribution in [0.3, 0.4) is 0 Å². The summed E-state index contributed by atoms with van der Waals surface area (Å²) in [6.45, 7) is 2.91. The van der Waals surface area contributed by atoms with E-state index in [4.69, 9.17) is 5.73 Å². The van der Waals surface area contributed by atoms with E-state index in [1.807, 2.05) is 23.1 Å². The van der Waals surface area contributed by atoms with Crippen molar-refractivity contribution >= 4 is 17.3 Å². The van der Waals surface area contributed by atoms with Gasteiger partial charge in [0.05, 0.1) is 0 Å². The number of nitrogen functional groups attached to an aromatic ring is 1. The third-order valence-electron chi connectivity index (χ3n) is 3.04. The molecule has 1 aliphatic rings. The number of hydrogen-bond acceptors (Lipinski definition) is 2. The molecule has 0 aromatic heterocycles. The minimum Gasteiger partial charge on any atom is -0.399 e. The summed E-state index contributed by atoms with van der Waals surface area (Å²) in [7, 11) is 0. The molecule has 1 heterocycles. The molecule has 3 nitrogen and oxygen atoms in total. The predicted molar refractivity (Wildman–Crippen MR) is 66.4 cm³/mol. The Kier molecular flexibility index (Phi) is 3.13. The van der Waals surface area contributed by atoms with Gasteiger partial charge in [-0.2, -0.15) is 0 Å². The quantitative estimate of drug-likeness (QED) is 0.791. The molecule has 0 saturated heterocycles. The maximum Gasteiger partial charge on any atom is 0.226 e. The molecule has 1 aromatic rings. The zero-order valence-corrected chi connectivity index (χ0v) is 9.70. The van der Waals surface area contributed by atoms with Gasteiger partial charge in [0, 0.05) is 24.3 Å². The Bertz CT molecular complexity index is 401. The number of carbonyl (C=O) groups excluding carboxylic acids is 1. The van der Waals surface area contributed by atoms with Gasteiger partial charge in [-0.25, -0.2) is 0 Å². The van der Waals surface area contributed by atoms with E-state index in [1.54, 1.807) is 0 Å². The van der Waals surface area contributed by atoms with Crippen molar-refractivity contribution in [3.63, 3.8) is 0 Å². The molecule has 1 aromatic carbocycles. The zero-order chi connectivity index (χ0) is 11.5. The van der Waals surface area contributed by atoms with Crippen LogP contribution in [-0.4, -0.2) is 12.5 Å². The average Bonchev–Trinajstić information content (AvgIpc) is 2.68. The van der Waals surface area contributed by atoms with Crippen molar-refractivity contribution in [2.75, 3.05) is 17.2 Å². The maximum absolute atomic E-state index is 11.9. The standard InChI is InChI=1S/C13H18N2O/c1-2-3-4-13(16)15-8-7-10-9-11(14)5-6-12(10)15/h5-6,9H,2-4,7-8,14H2,1H3. The van der Waals surface area contributed by atoms with Crippen molar-refractivity contribution in [1.82, 2.24) is 0 Å². The fourth-order valence-electron chi connectivity index (χ4n) is 2.14. The van der Waals surface area contributed by atoms with E-state index in [0.29, 0.717) is 6.42 Å². The van der Waals surface area contributed by atoms with Crippen LogP contribution < -0.4 is 10.6 Å². The van der Waals surface area contributed by atoms with Crippen LogP contribution >= 0.6 is 0 Å². The number of rotatable bonds is 3. The number of nitrogens with zero attached hydrogens (tertiary/aromatic N) is 1. The van der Waals surface area contributed by atoms with Crippen LogP contribution in [0.25, 0.3) is 0 Å². The molecule has 2 rings (SSSR count). The number of benzene rings is 1. The van der Waals surface area contributed by atoms with Crippen molar-refractivity contribution in [2.45, 2.75) is 32.6 Å². The molecule has 0 spiro atoms. The van der Waals surface area contributed by atoms with Crippen LogP contribution in [0, 0.1) is 0 Å². The minimum atomic E-state index is 0.241. The third kappa shape index (κ3) is 2.03. The molecule has 0 atom stereocenters. The molecule has 2 N–H and O–H groups in total. The number of amides is 1. The van der Waals surface area contributed by atoms with Gasteiger partial charge in [0.2, 0.25) is 5.91 Å². The highest BCUT2D eigenvalue weighted by atomic mass is 16.2. The lowest BCUT2D eigenvalue weighted by Gasteiger charge is -2.17. The van der Waals surface area contributed by atoms with E-state index in [0.717, 1.165) is 37.2 Å². The first kappa shape index (κ1) is 11.0. The van der Waals surface area contributed by atoms with Crippen molar-refractivity contribution in [2.24, 2.45) is 0 Å². The third-order valence-corrected chi connectivity index (χ3v) is 3.04. The molecule has 0 radical (unpaired) electrons. The Labute approximate surface area is 96.2 Å². The van der Waals surface area contributed by atoms with E-state index < -0.39 is 0 Å². The molecule has 3 heteroatoms. The number of carbonyl (C=O) groups is 1. The van der Waals surface area contributed by atoms with Crippen molar-refractivity contribution < 1.29 is 4.79 Å². The summed E-state index contributed by atoms with van der Waals surface area (Å²) in [5, 5.41) is 0. The molecular weight excluding hydrogens is 200 g/mol. The van der Waals surface area contributed by atoms with E-state index in [-0.39, 0.29) is 5.91 Å². The second kappa shape index (κ2) is 4.56. The van der Waals surface area contributed by atoms with Gasteiger partial charge in [0.15, 0.2) is 0 Å². The van der Waals surface area contributed by atoms with Gasteiger partial charge in [-0.1, -0.05) is 13.3 Å². The molecular formula is C13H18N2O. The first-order chi connectivity index (χ1) is 7.72. The molecule has 0 saturated carbocycles. The molecule has 1 amide bonds. The molecule has 0 fully saturated rings. The van der Waals surface area contributed by atoms with Crippen LogP contribution in [0.2, 0.25) is 0 Å². The lowest BCUT2D eigenvalue weighted by Crippen LogP contribution is -2.28. The normalized spacial score (nSPS) is 13.9. The van der Waals surface area contributed by atoms with Gasteiger partial charge < -0.3 is 10.6 Å². The Morgan fingerprint density at radius 3 is 3.06 bits per heavy atom. The number of hydrogen-bond donors (Lipinski definition) is 1. The highest BCUT2D eigenvalue weighted by molar-refractivity contribution is 5.95. The van der Waals surface area contributed by atoms with Gasteiger partial charge in [0.1, 0.15) is 0 Å². The average molecular weight is 218 g/mol. The fourth-order valence-corrected chi connectivity index (χ4v) is 2.14. The van der Waals surface area contributed by atoms with Crippen LogP contribution in [0.5, 0.6) is 0 Å². The van der Waals surface area contributed by atoms with Gasteiger partial charge >= 0.3 is 0 Å². The van der Waals surface area contributed by atoms with E-state index >= 15 is 0 Å². The molecule has 0 bridgehead atoms. The number of nitrogens with two attached hydrogens (primary N) is 1. The predicted octanol–water partition coefficient (Wildman–Crippen LogP) is 2.35. The van der Waals surface area contributed by atoms with Gasteiger partial charge in [-0.05, 0) is 36.6 Å². The topological polar surface area (TPSA) is 46.3 Å². The second-order valence-electron chi connectivity index (χ2n) is 4.29. The number of unbranched alkanes of at least 4 members (excludes halogenated alkanes) is 1. The maximum atomic E-state index is 11.9. The number of anilines is 2. The SMILES string of the molecule is CCCCC(=O)N1CCc2cc(N)ccc21. The van der Waals surface area contributed by atoms with Gasteiger partial charge in [-0.15, -0.1) is 0 Å². The van der Waals surface area contributed by atoms with Gasteiger partial charge in [0.25, 0.3) is 0 Å². The summed E-state index contributed by atoms with van der Waals surface area (Å²) in [6, 6.07) is 5.80. The molecule has 16 heavy (non-hydrogen) atoms. The zero-order valence-electron chi connectivity index (χ0n) is 9.70. The molecule has 86 valence electrons. The monoisotopic (exact) mass is 218 g/mol. The summed E-state index contributed by atoms with van der Waals surface area (Å²) >= 11 is 0. The summed E-state index contributed by atoms with van der Waals surface area (Å²) < 4.78 is 0. The first-order valence-electron chi connectivity index (χ1n) is 5.91. The summed E-state index contributed by atoms with van der Waals surface area (Å²) in [5.41, 5.74) is 8.76. The van der Waals surface area contributed by atoms with E-state index in [1.165, 1.54) is 5.56 Å². The summed E-state index contributed by atoms with van der Waals surface area (Å²) in [5.74, 6) is 0.241. The molecule has 1 aliphatic heterocycles. The van der Waals surface area contributed by atoms with Crippen molar-refractivity contribution in [1.29, 1.82) is 0 Å².